The van der Waals surface area contributed by atoms with E-state index in [1.807, 2.05) is 0 Å². The number of rotatable bonds is 44. The molecule has 438 valence electrons. The number of ether oxygens (including phenoxy) is 2. The standard InChI is InChI=1S/C30H67NO36P6.5Na/c31-5-3-1-2-4-6-54-68(42,43)55-9-20(34)10-56-69(44,45)57-11-21(35)12-58-70(46,47)59-13-22(36)14-60-71(48,49)61-15-23(37)16-62-72(50,51)63-17-24(38)18-64-73(52,53)65-19-25(7-32)66-30-29(41)28(40)27(39)26(8-33)67-30;;;;;/h20-30,32-41H,1-19,31H2,(H,42,43)(H,44,45)(H,46,47)(H,48,49)(H,50,51)(H,52,53);;;;;/q;5*+1/p-5/t20-,21-,22-,23-,24-,25+,26+,27+,28-,29+,30-;;;;;/m0...../s1. The summed E-state index contributed by atoms with van der Waals surface area (Å²) in [6, 6.07) is 0. The Hall–Kier alpha value is 5.14. The normalized spacial score (nSPS) is 24.5. The Labute approximate surface area is 557 Å². The smallest absolute Gasteiger partial charge is 0.756 e. The first kappa shape index (κ1) is 91.9. The molecule has 1 fully saturated rings. The second kappa shape index (κ2) is 47.1. The summed E-state index contributed by atoms with van der Waals surface area (Å²) in [5, 5.41) is 97.7. The summed E-state index contributed by atoms with van der Waals surface area (Å²) in [5.74, 6) is 0. The topological polar surface area (TPSA) is 595 Å². The van der Waals surface area contributed by atoms with Gasteiger partial charge in [-0.3, -0.25) is 31.9 Å². The second-order valence-corrected chi connectivity index (χ2v) is 23.4. The third kappa shape index (κ3) is 44.6. The van der Waals surface area contributed by atoms with Gasteiger partial charge < -0.3 is 141 Å². The van der Waals surface area contributed by atoms with Gasteiger partial charge in [-0.05, 0) is 19.4 Å². The summed E-state index contributed by atoms with van der Waals surface area (Å²) >= 11 is 0. The van der Waals surface area contributed by atoms with Crippen LogP contribution >= 0.6 is 46.9 Å². The van der Waals surface area contributed by atoms with Gasteiger partial charge in [0, 0.05) is 0 Å². The maximum Gasteiger partial charge on any atom is 1.00 e. The van der Waals surface area contributed by atoms with Gasteiger partial charge >= 0.3 is 156 Å². The molecule has 1 aliphatic heterocycles. The molecule has 1 heterocycles. The van der Waals surface area contributed by atoms with E-state index in [1.165, 1.54) is 0 Å². The van der Waals surface area contributed by atoms with Crippen molar-refractivity contribution in [2.45, 2.75) is 93.0 Å². The van der Waals surface area contributed by atoms with Crippen molar-refractivity contribution < 1.29 is 319 Å². The molecule has 6 unspecified atom stereocenters. The van der Waals surface area contributed by atoms with Gasteiger partial charge in [0.2, 0.25) is 0 Å². The molecule has 0 amide bonds. The van der Waals surface area contributed by atoms with E-state index < -0.39 is 200 Å². The number of hydrogen-bond donors (Lipinski definition) is 12. The Morgan fingerprint density at radius 1 is 0.436 bits per heavy atom. The molecular weight excluding hydrogens is 1250 g/mol. The molecule has 0 aromatic heterocycles. The molecule has 0 aromatic rings. The van der Waals surface area contributed by atoms with E-state index in [4.69, 9.17) is 19.7 Å². The Morgan fingerprint density at radius 2 is 0.731 bits per heavy atom. The predicted molar refractivity (Wildman–Crippen MR) is 223 cm³/mol. The summed E-state index contributed by atoms with van der Waals surface area (Å²) in [4.78, 5) is 69.6. The minimum absolute atomic E-state index is 0. The molecule has 37 nitrogen and oxygen atoms in total. The van der Waals surface area contributed by atoms with Crippen molar-refractivity contribution in [3.05, 3.63) is 0 Å². The van der Waals surface area contributed by atoms with E-state index in [2.05, 4.69) is 49.8 Å². The van der Waals surface area contributed by atoms with Gasteiger partial charge in [-0.1, -0.05) is 12.8 Å². The molecule has 0 aliphatic carbocycles. The summed E-state index contributed by atoms with van der Waals surface area (Å²) in [5.41, 5.74) is 5.36. The van der Waals surface area contributed by atoms with Gasteiger partial charge in [0.25, 0.3) is 39.1 Å². The van der Waals surface area contributed by atoms with Gasteiger partial charge in [0.1, 0.15) is 61.0 Å². The maximum absolute atomic E-state index is 12.1. The first-order chi connectivity index (χ1) is 33.8. The van der Waals surface area contributed by atoms with Crippen molar-refractivity contribution in [3.63, 3.8) is 0 Å². The van der Waals surface area contributed by atoms with E-state index in [9.17, 15) is 108 Å². The van der Waals surface area contributed by atoms with Crippen molar-refractivity contribution >= 4 is 46.9 Å². The molecular formula is C30H62NNa5O36P6. The Kier molecular flexibility index (Phi) is 55.5. The number of hydrogen-bond acceptors (Lipinski definition) is 36. The molecule has 0 saturated carbocycles. The Morgan fingerprint density at radius 3 is 1.03 bits per heavy atom. The van der Waals surface area contributed by atoms with Crippen molar-refractivity contribution in [3.8, 4) is 0 Å². The second-order valence-electron chi connectivity index (χ2n) is 14.9. The fourth-order valence-electron chi connectivity index (χ4n) is 4.70. The van der Waals surface area contributed by atoms with Crippen molar-refractivity contribution in [1.29, 1.82) is 0 Å². The average molecular weight is 1310 g/mol. The number of aliphatic hydroxyl groups excluding tert-OH is 10. The number of aliphatic hydroxyl groups is 10. The zero-order valence-corrected chi connectivity index (χ0v) is 58.5. The van der Waals surface area contributed by atoms with Crippen LogP contribution in [-0.2, 0) is 91.1 Å². The summed E-state index contributed by atoms with van der Waals surface area (Å²) in [6.45, 7) is -14.2. The summed E-state index contributed by atoms with van der Waals surface area (Å²) in [6.07, 6.45) is -17.6. The van der Waals surface area contributed by atoms with Crippen LogP contribution < -0.4 is 178 Å². The molecule has 1 rings (SSSR count). The quantitative estimate of drug-likeness (QED) is 0.0153. The zero-order chi connectivity index (χ0) is 55.7. The molecule has 0 aromatic carbocycles. The number of nitrogens with two attached hydrogens (primary N) is 1. The fourth-order valence-corrected chi connectivity index (χ4v) is 9.41. The molecule has 1 aliphatic rings. The van der Waals surface area contributed by atoms with E-state index in [0.717, 1.165) is 12.8 Å². The van der Waals surface area contributed by atoms with Crippen LogP contribution in [0.1, 0.15) is 25.7 Å². The van der Waals surface area contributed by atoms with Gasteiger partial charge in [-0.25, -0.2) is 4.57 Å². The summed E-state index contributed by atoms with van der Waals surface area (Å²) in [7, 11) is -31.5. The van der Waals surface area contributed by atoms with Crippen LogP contribution in [0.25, 0.3) is 0 Å². The number of phosphoric ester groups is 6. The van der Waals surface area contributed by atoms with Gasteiger partial charge in [0.15, 0.2) is 6.29 Å². The van der Waals surface area contributed by atoms with Crippen molar-refractivity contribution in [2.75, 3.05) is 99.0 Å². The largest absolute Gasteiger partial charge is 1.00 e. The van der Waals surface area contributed by atoms with Crippen molar-refractivity contribution in [2.24, 2.45) is 5.73 Å². The van der Waals surface area contributed by atoms with Crippen LogP contribution in [0.4, 0.5) is 0 Å². The third-order valence-corrected chi connectivity index (χ3v) is 14.0. The molecule has 0 spiro atoms. The molecule has 0 bridgehead atoms. The van der Waals surface area contributed by atoms with Crippen LogP contribution in [0.3, 0.4) is 0 Å². The average Bonchev–Trinajstić information content (AvgIpc) is 3.32. The Bertz CT molecular complexity index is 1850. The minimum atomic E-state index is -5.44. The SMILES string of the molecule is NCCCCCCOP(=O)(O)OC[C@H](O)COP(=O)([O-])OC[C@H](O)COP(=O)([O-])OC[C@H](O)COP(=O)([O-])OC[C@H](O)COP(=O)([O-])OC[C@H](O)COP(=O)([O-])OC[C@@H](CO)O[C@H]1O[C@H](CO)[C@@H](O)[C@H](O)[C@H]1O.[Na+].[Na+].[Na+].[Na+].[Na+]. The number of unbranched alkanes of at least 4 members (excludes halogenated alkanes) is 3. The van der Waals surface area contributed by atoms with E-state index in [-0.39, 0.29) is 154 Å². The monoisotopic (exact) mass is 1310 g/mol. The van der Waals surface area contributed by atoms with E-state index in [0.29, 0.717) is 19.4 Å². The summed E-state index contributed by atoms with van der Waals surface area (Å²) < 4.78 is 135. The zero-order valence-electron chi connectivity index (χ0n) is 43.2. The van der Waals surface area contributed by atoms with Crippen LogP contribution in [0.2, 0.25) is 0 Å². The molecule has 13 N–H and O–H groups in total. The van der Waals surface area contributed by atoms with Gasteiger partial charge in [0.05, 0.1) is 92.5 Å². The number of phosphoric acid groups is 6. The fraction of sp³-hybridized carbons (Fsp3) is 1.00. The molecule has 48 heteroatoms. The molecule has 78 heavy (non-hydrogen) atoms. The van der Waals surface area contributed by atoms with Crippen LogP contribution in [0.5, 0.6) is 0 Å². The molecule has 17 atom stereocenters. The van der Waals surface area contributed by atoms with Crippen LogP contribution in [-0.4, -0.2) is 222 Å². The third-order valence-electron chi connectivity index (χ3n) is 8.41. The van der Waals surface area contributed by atoms with Crippen LogP contribution in [0, 0.1) is 0 Å². The first-order valence-electron chi connectivity index (χ1n) is 21.1. The maximum atomic E-state index is 12.1. The molecule has 1 saturated heterocycles. The predicted octanol–water partition coefficient (Wildman–Crippen LogP) is -22.9. The minimum Gasteiger partial charge on any atom is -0.756 e. The van der Waals surface area contributed by atoms with Gasteiger partial charge in [-0.2, -0.15) is 0 Å². The Balaban J connectivity index is -0.00000355. The van der Waals surface area contributed by atoms with Crippen molar-refractivity contribution in [1.82, 2.24) is 0 Å². The first-order valence-corrected chi connectivity index (χ1v) is 29.9. The molecule has 0 radical (unpaired) electrons. The van der Waals surface area contributed by atoms with E-state index in [1.54, 1.807) is 0 Å². The van der Waals surface area contributed by atoms with Gasteiger partial charge in [-0.15, -0.1) is 0 Å². The van der Waals surface area contributed by atoms with E-state index >= 15 is 0 Å². The van der Waals surface area contributed by atoms with Crippen LogP contribution in [0.15, 0.2) is 0 Å².